The molecule has 0 aromatic carbocycles. The van der Waals surface area contributed by atoms with E-state index in [1.54, 1.807) is 0 Å². The fourth-order valence-electron chi connectivity index (χ4n) is 3.20. The predicted molar refractivity (Wildman–Crippen MR) is 47.7 cm³/mol. The molecule has 0 atom stereocenters. The second-order valence-electron chi connectivity index (χ2n) is 4.41. The molecule has 2 saturated heterocycles. The predicted octanol–water partition coefficient (Wildman–Crippen LogP) is 2.69. The minimum absolute atomic E-state index is 0.0486. The van der Waals surface area contributed by atoms with E-state index in [1.165, 1.54) is 38.5 Å². The van der Waals surface area contributed by atoms with Gasteiger partial charge in [0.25, 0.3) is 0 Å². The molecule has 1 heteroatoms. The van der Waals surface area contributed by atoms with Crippen LogP contribution in [0, 0.1) is 6.82 Å². The molecule has 0 radical (unpaired) electrons. The summed E-state index contributed by atoms with van der Waals surface area (Å²) < 4.78 is 0. The highest BCUT2D eigenvalue weighted by Crippen LogP contribution is 2.45. The lowest BCUT2D eigenvalue weighted by molar-refractivity contribution is 0.447. The average molecular weight is 136 g/mol. The Bertz CT molecular complexity index is 99.9. The zero-order chi connectivity index (χ0) is 6.97. The molecule has 2 rings (SSSR count). The van der Waals surface area contributed by atoms with Crippen molar-refractivity contribution in [3.63, 3.8) is 0 Å². The smallest absolute Gasteiger partial charge is 0.136 e. The maximum Gasteiger partial charge on any atom is 0.185 e. The molecule has 56 valence electrons. The molecule has 0 spiro atoms. The van der Waals surface area contributed by atoms with Gasteiger partial charge in [-0.25, -0.2) is 0 Å². The van der Waals surface area contributed by atoms with Crippen LogP contribution in [-0.4, -0.2) is 6.71 Å². The van der Waals surface area contributed by atoms with Gasteiger partial charge in [-0.2, -0.15) is 0 Å². The van der Waals surface area contributed by atoms with Crippen LogP contribution in [0.3, 0.4) is 0 Å². The van der Waals surface area contributed by atoms with Gasteiger partial charge in [-0.1, -0.05) is 38.5 Å². The van der Waals surface area contributed by atoms with E-state index in [0.29, 0.717) is 0 Å². The Morgan fingerprint density at radius 3 is 1.60 bits per heavy atom. The maximum absolute atomic E-state index is 4.37. The first kappa shape index (κ1) is 6.63. The van der Waals surface area contributed by atoms with Gasteiger partial charge in [0.05, 0.1) is 0 Å². The Balaban J connectivity index is 2.05. The van der Waals surface area contributed by atoms with Crippen LogP contribution in [0.15, 0.2) is 0 Å². The molecular formula is C9H17B. The number of hydrogen-bond donors (Lipinski definition) is 0. The lowest BCUT2D eigenvalue weighted by Gasteiger charge is -2.41. The van der Waals surface area contributed by atoms with Crippen molar-refractivity contribution in [2.24, 2.45) is 0 Å². The Labute approximate surface area is 64.5 Å². The molecule has 2 fully saturated rings. The van der Waals surface area contributed by atoms with Crippen molar-refractivity contribution in [1.29, 1.82) is 0 Å². The van der Waals surface area contributed by atoms with Gasteiger partial charge < -0.3 is 0 Å². The third-order valence-electron chi connectivity index (χ3n) is 3.93. The molecule has 2 aliphatic rings. The van der Waals surface area contributed by atoms with E-state index in [2.05, 4.69) is 6.82 Å². The molecule has 10 heavy (non-hydrogen) atoms. The zero-order valence-corrected chi connectivity index (χ0v) is 6.81. The molecule has 0 amide bonds. The van der Waals surface area contributed by atoms with E-state index in [-0.39, 0.29) is 6.71 Å². The fraction of sp³-hybridized carbons (Fsp3) is 0.889. The van der Waals surface area contributed by atoms with Crippen molar-refractivity contribution in [3.05, 3.63) is 6.82 Å². The topological polar surface area (TPSA) is 0 Å². The quantitative estimate of drug-likeness (QED) is 0.354. The zero-order valence-electron chi connectivity index (χ0n) is 6.81. The second-order valence-corrected chi connectivity index (χ2v) is 4.41. The van der Waals surface area contributed by atoms with Crippen molar-refractivity contribution in [2.75, 3.05) is 0 Å². The third-order valence-corrected chi connectivity index (χ3v) is 3.93. The summed E-state index contributed by atoms with van der Waals surface area (Å²) in [5.74, 6) is 2.18. The van der Waals surface area contributed by atoms with Gasteiger partial charge >= 0.3 is 0 Å². The number of rotatable bonds is 0. The molecule has 0 aliphatic carbocycles. The monoisotopic (exact) mass is 136 g/mol. The lowest BCUT2D eigenvalue weighted by Crippen LogP contribution is -2.31. The highest BCUT2D eigenvalue weighted by atomic mass is 14.2. The van der Waals surface area contributed by atoms with Crippen LogP contribution in [0.5, 0.6) is 0 Å². The van der Waals surface area contributed by atoms with Gasteiger partial charge in [0.15, 0.2) is 6.71 Å². The van der Waals surface area contributed by atoms with E-state index in [1.807, 2.05) is 0 Å². The van der Waals surface area contributed by atoms with Crippen molar-refractivity contribution >= 4 is 6.71 Å². The van der Waals surface area contributed by atoms with Crippen LogP contribution in [0.4, 0.5) is 0 Å². The van der Waals surface area contributed by atoms with Crippen LogP contribution in [0.2, 0.25) is 11.6 Å². The van der Waals surface area contributed by atoms with E-state index in [9.17, 15) is 0 Å². The van der Waals surface area contributed by atoms with E-state index >= 15 is 0 Å². The number of fused-ring (bicyclic) bond motifs is 2. The van der Waals surface area contributed by atoms with Crippen LogP contribution in [0.1, 0.15) is 38.5 Å². The summed E-state index contributed by atoms with van der Waals surface area (Å²) in [6, 6.07) is 0. The van der Waals surface area contributed by atoms with Gasteiger partial charge in [0.1, 0.15) is 0 Å². The van der Waals surface area contributed by atoms with Gasteiger partial charge in [0.2, 0.25) is 0 Å². The van der Waals surface area contributed by atoms with Crippen molar-refractivity contribution < 1.29 is 0 Å². The normalized spacial score (nSPS) is 47.0. The Hall–Kier alpha value is -0.0651. The molecule has 0 unspecified atom stereocenters. The molecule has 2 aliphatic heterocycles. The number of hydrogen-bond acceptors (Lipinski definition) is 0. The fourth-order valence-corrected chi connectivity index (χ4v) is 3.20. The van der Waals surface area contributed by atoms with Gasteiger partial charge in [0, 0.05) is 0 Å². The molecule has 0 aromatic heterocycles. The Morgan fingerprint density at radius 1 is 0.900 bits per heavy atom. The van der Waals surface area contributed by atoms with E-state index < -0.39 is 0 Å². The molecule has 0 N–H and O–H groups in total. The average Bonchev–Trinajstić information content (AvgIpc) is 1.86. The summed E-state index contributed by atoms with van der Waals surface area (Å²) in [6.45, 7) is 4.41. The van der Waals surface area contributed by atoms with Crippen LogP contribution in [-0.2, 0) is 0 Å². The summed E-state index contributed by atoms with van der Waals surface area (Å²) >= 11 is 0. The first-order chi connectivity index (χ1) is 4.88. The van der Waals surface area contributed by atoms with Crippen LogP contribution >= 0.6 is 0 Å². The molecule has 0 aromatic rings. The van der Waals surface area contributed by atoms with Gasteiger partial charge in [-0.15, -0.1) is 18.5 Å². The Morgan fingerprint density at radius 2 is 1.30 bits per heavy atom. The first-order valence-corrected chi connectivity index (χ1v) is 4.95. The maximum atomic E-state index is 4.37. The van der Waals surface area contributed by atoms with E-state index in [0.717, 1.165) is 11.6 Å². The van der Waals surface area contributed by atoms with Crippen molar-refractivity contribution in [1.82, 2.24) is 0 Å². The lowest BCUT2D eigenvalue weighted by atomic mass is 9.29. The molecule has 0 nitrogen and oxygen atoms in total. The molecule has 2 bridgehead atoms. The molecular weight excluding hydrogens is 119 g/mol. The van der Waals surface area contributed by atoms with E-state index in [4.69, 9.17) is 0 Å². The minimum Gasteiger partial charge on any atom is -0.136 e. The molecule has 0 saturated carbocycles. The standard InChI is InChI=1S/C9H17B/c1-10-8-4-2-5-9(10)7-3-6-8/h8-10H,1-7H2. The largest absolute Gasteiger partial charge is 0.185 e. The van der Waals surface area contributed by atoms with Crippen molar-refractivity contribution in [3.8, 4) is 0 Å². The highest BCUT2D eigenvalue weighted by molar-refractivity contribution is 6.64. The van der Waals surface area contributed by atoms with Crippen LogP contribution < -0.4 is 0 Å². The second kappa shape index (κ2) is 2.52. The summed E-state index contributed by atoms with van der Waals surface area (Å²) in [4.78, 5) is 0. The van der Waals surface area contributed by atoms with Crippen LogP contribution in [0.25, 0.3) is 0 Å². The third kappa shape index (κ3) is 0.960. The SMILES string of the molecule is [CH2+][BH-]1C2CCCC1CCC2. The summed E-state index contributed by atoms with van der Waals surface area (Å²) in [5.41, 5.74) is 0. The van der Waals surface area contributed by atoms with Crippen molar-refractivity contribution in [2.45, 2.75) is 50.2 Å². The highest BCUT2D eigenvalue weighted by Gasteiger charge is 2.33. The van der Waals surface area contributed by atoms with Gasteiger partial charge in [-0.05, 0) is 0 Å². The minimum atomic E-state index is 0.0486. The summed E-state index contributed by atoms with van der Waals surface area (Å²) in [5, 5.41) is 0. The summed E-state index contributed by atoms with van der Waals surface area (Å²) in [6.07, 6.45) is 9.07. The summed E-state index contributed by atoms with van der Waals surface area (Å²) in [7, 11) is 0. The Kier molecular flexibility index (Phi) is 1.67. The first-order valence-electron chi connectivity index (χ1n) is 4.95. The van der Waals surface area contributed by atoms with Gasteiger partial charge in [-0.3, -0.25) is 0 Å². The molecule has 2 heterocycles.